The summed E-state index contributed by atoms with van der Waals surface area (Å²) in [6.45, 7) is 1.57. The predicted octanol–water partition coefficient (Wildman–Crippen LogP) is 2.55. The van der Waals surface area contributed by atoms with Gasteiger partial charge in [0.05, 0.1) is 27.3 Å². The van der Waals surface area contributed by atoms with E-state index in [0.717, 1.165) is 21.9 Å². The first-order valence-electron chi connectivity index (χ1n) is 8.33. The van der Waals surface area contributed by atoms with E-state index < -0.39 is 18.0 Å². The summed E-state index contributed by atoms with van der Waals surface area (Å²) >= 11 is 4.37. The molecule has 2 aromatic rings. The number of amides is 1. The van der Waals surface area contributed by atoms with Gasteiger partial charge in [0.15, 0.2) is 10.9 Å². The van der Waals surface area contributed by atoms with Crippen LogP contribution in [0.1, 0.15) is 6.92 Å². The molecule has 3 N–H and O–H groups in total. The van der Waals surface area contributed by atoms with Crippen molar-refractivity contribution in [2.24, 2.45) is 5.92 Å². The van der Waals surface area contributed by atoms with E-state index in [-0.39, 0.29) is 17.0 Å². The van der Waals surface area contributed by atoms with Crippen LogP contribution in [0.25, 0.3) is 11.0 Å². The number of aromatic nitrogens is 2. The Bertz CT molecular complexity index is 909. The minimum atomic E-state index is -1.10. The molecule has 0 saturated carbocycles. The number of aliphatic carboxylic acids is 1. The Morgan fingerprint density at radius 1 is 1.37 bits per heavy atom. The van der Waals surface area contributed by atoms with Crippen molar-refractivity contribution in [3.63, 3.8) is 0 Å². The second-order valence-corrected chi connectivity index (χ2v) is 9.75. The molecule has 0 aliphatic carbocycles. The average molecular weight is 424 g/mol. The zero-order valence-electron chi connectivity index (χ0n) is 14.3. The van der Waals surface area contributed by atoms with Crippen molar-refractivity contribution < 1.29 is 19.8 Å². The van der Waals surface area contributed by atoms with Crippen molar-refractivity contribution in [2.75, 3.05) is 11.5 Å². The van der Waals surface area contributed by atoms with Gasteiger partial charge in [0, 0.05) is 11.5 Å². The number of nitrogens with one attached hydrogen (secondary N) is 1. The smallest absolute Gasteiger partial charge is 0.354 e. The number of hydrogen-bond donors (Lipinski definition) is 3. The van der Waals surface area contributed by atoms with E-state index in [1.807, 2.05) is 24.3 Å². The van der Waals surface area contributed by atoms with Gasteiger partial charge in [0.2, 0.25) is 5.91 Å². The summed E-state index contributed by atoms with van der Waals surface area (Å²) in [6.07, 6.45) is -0.783. The van der Waals surface area contributed by atoms with Crippen LogP contribution in [0.5, 0.6) is 0 Å². The average Bonchev–Trinajstić information content (AvgIpc) is 3.17. The molecule has 1 fully saturated rings. The van der Waals surface area contributed by atoms with Gasteiger partial charge in [-0.1, -0.05) is 35.7 Å². The Morgan fingerprint density at radius 2 is 2.11 bits per heavy atom. The molecule has 4 rings (SSSR count). The number of benzene rings is 1. The lowest BCUT2D eigenvalue weighted by Crippen LogP contribution is -2.60. The third-order valence-corrected chi connectivity index (χ3v) is 8.18. The zero-order chi connectivity index (χ0) is 19.1. The van der Waals surface area contributed by atoms with Crippen LogP contribution in [-0.4, -0.2) is 59.9 Å². The summed E-state index contributed by atoms with van der Waals surface area (Å²) in [4.78, 5) is 32.9. The first kappa shape index (κ1) is 18.7. The van der Waals surface area contributed by atoms with Crippen molar-refractivity contribution in [2.45, 2.75) is 23.6 Å². The van der Waals surface area contributed by atoms with E-state index in [1.54, 1.807) is 18.7 Å². The largest absolute Gasteiger partial charge is 0.477 e. The van der Waals surface area contributed by atoms with E-state index in [1.165, 1.54) is 28.4 Å². The van der Waals surface area contributed by atoms with E-state index in [4.69, 9.17) is 0 Å². The van der Waals surface area contributed by atoms with Crippen LogP contribution < -0.4 is 0 Å². The maximum absolute atomic E-state index is 12.2. The minimum Gasteiger partial charge on any atom is -0.477 e. The van der Waals surface area contributed by atoms with Crippen LogP contribution in [0, 0.1) is 5.92 Å². The van der Waals surface area contributed by atoms with Crippen LogP contribution in [-0.2, 0) is 9.59 Å². The Balaban J connectivity index is 1.37. The topological polar surface area (TPSA) is 107 Å². The van der Waals surface area contributed by atoms with E-state index in [9.17, 15) is 19.8 Å². The first-order chi connectivity index (χ1) is 13.0. The summed E-state index contributed by atoms with van der Waals surface area (Å²) < 4.78 is 0.634. The molecule has 27 heavy (non-hydrogen) atoms. The van der Waals surface area contributed by atoms with E-state index in [0.29, 0.717) is 9.99 Å². The van der Waals surface area contributed by atoms with Gasteiger partial charge < -0.3 is 15.2 Å². The van der Waals surface area contributed by atoms with Crippen LogP contribution in [0.15, 0.2) is 39.4 Å². The SMILES string of the molecule is CC(O)[C@H]1C(=O)N2C(C(=O)O)=C(SCCSc3nc4ccccc4[nH]3)S[C@H]12. The monoisotopic (exact) mass is 423 g/mol. The zero-order valence-corrected chi connectivity index (χ0v) is 16.7. The molecule has 3 atom stereocenters. The molecular weight excluding hydrogens is 406 g/mol. The number of rotatable bonds is 7. The maximum atomic E-state index is 12.2. The molecule has 2 aliphatic heterocycles. The molecule has 1 aromatic heterocycles. The minimum absolute atomic E-state index is 0.0469. The van der Waals surface area contributed by atoms with Gasteiger partial charge in [-0.3, -0.25) is 9.69 Å². The van der Waals surface area contributed by atoms with Gasteiger partial charge in [0.25, 0.3) is 0 Å². The highest BCUT2D eigenvalue weighted by molar-refractivity contribution is 8.23. The molecule has 1 amide bonds. The van der Waals surface area contributed by atoms with Crippen LogP contribution in [0.4, 0.5) is 0 Å². The van der Waals surface area contributed by atoms with E-state index >= 15 is 0 Å². The first-order valence-corrected chi connectivity index (χ1v) is 11.2. The molecule has 3 heterocycles. The van der Waals surface area contributed by atoms with E-state index in [2.05, 4.69) is 9.97 Å². The van der Waals surface area contributed by atoms with Crippen molar-refractivity contribution >= 4 is 58.2 Å². The Morgan fingerprint density at radius 3 is 2.81 bits per heavy atom. The summed E-state index contributed by atoms with van der Waals surface area (Å²) in [7, 11) is 0. The Hall–Kier alpha value is -1.62. The van der Waals surface area contributed by atoms with Crippen molar-refractivity contribution in [1.29, 1.82) is 0 Å². The lowest BCUT2D eigenvalue weighted by Gasteiger charge is -2.43. The van der Waals surface area contributed by atoms with Gasteiger partial charge in [-0.2, -0.15) is 0 Å². The van der Waals surface area contributed by atoms with Crippen LogP contribution >= 0.6 is 35.3 Å². The standard InChI is InChI=1S/C17H17N3O4S3/c1-8(21)11-13(22)20-12(15(23)24)16(27-14(11)20)25-6-7-26-17-18-9-4-2-3-5-10(9)19-17/h2-5,8,11,14,21H,6-7H2,1H3,(H,18,19)(H,23,24)/t8?,11-,14+/m0/s1. The second-order valence-electron chi connectivity index (χ2n) is 6.18. The number of para-hydroxylation sites is 2. The Kier molecular flexibility index (Phi) is 5.15. The number of aliphatic hydroxyl groups excluding tert-OH is 1. The summed E-state index contributed by atoms with van der Waals surface area (Å²) in [5.74, 6) is -0.510. The lowest BCUT2D eigenvalue weighted by molar-refractivity contribution is -0.156. The summed E-state index contributed by atoms with van der Waals surface area (Å²) in [5, 5.41) is 19.8. The Labute approximate surface area is 168 Å². The number of hydrogen-bond acceptors (Lipinski definition) is 7. The third-order valence-electron chi connectivity index (χ3n) is 4.39. The highest BCUT2D eigenvalue weighted by Crippen LogP contribution is 2.53. The van der Waals surface area contributed by atoms with Gasteiger partial charge in [-0.05, 0) is 19.1 Å². The fourth-order valence-corrected chi connectivity index (χ4v) is 6.97. The lowest BCUT2D eigenvalue weighted by atomic mass is 9.92. The number of imidazole rings is 1. The van der Waals surface area contributed by atoms with Gasteiger partial charge >= 0.3 is 5.97 Å². The van der Waals surface area contributed by atoms with Crippen molar-refractivity contribution in [1.82, 2.24) is 14.9 Å². The molecule has 7 nitrogen and oxygen atoms in total. The molecule has 1 unspecified atom stereocenters. The number of thioether (sulfide) groups is 3. The molecular formula is C17H17N3O4S3. The molecule has 0 radical (unpaired) electrons. The molecule has 1 aromatic carbocycles. The number of fused-ring (bicyclic) bond motifs is 2. The number of H-pyrrole nitrogens is 1. The number of nitrogens with zero attached hydrogens (tertiary/aromatic N) is 2. The fourth-order valence-electron chi connectivity index (χ4n) is 3.12. The number of aromatic amines is 1. The number of carboxylic acids is 1. The van der Waals surface area contributed by atoms with Gasteiger partial charge in [0.1, 0.15) is 5.37 Å². The summed E-state index contributed by atoms with van der Waals surface area (Å²) in [5.41, 5.74) is 1.95. The molecule has 10 heteroatoms. The predicted molar refractivity (Wildman–Crippen MR) is 107 cm³/mol. The maximum Gasteiger partial charge on any atom is 0.354 e. The molecule has 142 valence electrons. The fraction of sp³-hybridized carbons (Fsp3) is 0.353. The van der Waals surface area contributed by atoms with Crippen molar-refractivity contribution in [3.05, 3.63) is 34.2 Å². The molecule has 2 aliphatic rings. The van der Waals surface area contributed by atoms with Crippen molar-refractivity contribution in [3.8, 4) is 0 Å². The van der Waals surface area contributed by atoms with Gasteiger partial charge in [-0.25, -0.2) is 9.78 Å². The quantitative estimate of drug-likeness (QED) is 0.354. The molecule has 0 bridgehead atoms. The molecule has 0 spiro atoms. The normalized spacial score (nSPS) is 22.9. The number of aliphatic hydroxyl groups is 1. The van der Waals surface area contributed by atoms with Crippen LogP contribution in [0.3, 0.4) is 0 Å². The number of carbonyl (C=O) groups excluding carboxylic acids is 1. The number of carbonyl (C=O) groups is 2. The highest BCUT2D eigenvalue weighted by Gasteiger charge is 2.57. The highest BCUT2D eigenvalue weighted by atomic mass is 32.2. The second kappa shape index (κ2) is 7.42. The number of β-lactam (4-membered cyclic amide) rings is 1. The van der Waals surface area contributed by atoms with Gasteiger partial charge in [-0.15, -0.1) is 11.8 Å². The third kappa shape index (κ3) is 3.35. The number of carboxylic acid groups (broad SMARTS) is 1. The summed E-state index contributed by atoms with van der Waals surface area (Å²) in [6, 6.07) is 7.81. The van der Waals surface area contributed by atoms with Crippen LogP contribution in [0.2, 0.25) is 0 Å². The molecule has 1 saturated heterocycles.